The smallest absolute Gasteiger partial charge is 0.255 e. The van der Waals surface area contributed by atoms with Crippen LogP contribution in [-0.2, 0) is 4.79 Å². The fraction of sp³-hybridized carbons (Fsp3) is 0. The van der Waals surface area contributed by atoms with E-state index in [-0.39, 0.29) is 16.9 Å². The molecule has 2 heterocycles. The van der Waals surface area contributed by atoms with Crippen LogP contribution < -0.4 is 10.6 Å². The van der Waals surface area contributed by atoms with E-state index in [2.05, 4.69) is 20.6 Å². The first-order chi connectivity index (χ1) is 12.6. The van der Waals surface area contributed by atoms with Crippen LogP contribution in [0.2, 0.25) is 0 Å². The van der Waals surface area contributed by atoms with Crippen molar-refractivity contribution in [3.8, 4) is 11.1 Å². The van der Waals surface area contributed by atoms with Crippen molar-refractivity contribution in [2.24, 2.45) is 0 Å². The van der Waals surface area contributed by atoms with E-state index in [9.17, 15) is 18.4 Å². The average Bonchev–Trinajstić information content (AvgIpc) is 2.65. The molecule has 0 bridgehead atoms. The second kappa shape index (κ2) is 7.47. The van der Waals surface area contributed by atoms with Crippen molar-refractivity contribution in [3.05, 3.63) is 72.2 Å². The maximum atomic E-state index is 13.9. The second-order valence-electron chi connectivity index (χ2n) is 5.21. The molecule has 0 unspecified atom stereocenters. The van der Waals surface area contributed by atoms with Gasteiger partial charge in [-0.25, -0.2) is 13.8 Å². The number of anilines is 2. The molecule has 3 aromatic rings. The Hall–Kier alpha value is -3.68. The second-order valence-corrected chi connectivity index (χ2v) is 5.21. The molecule has 26 heavy (non-hydrogen) atoms. The third kappa shape index (κ3) is 3.69. The van der Waals surface area contributed by atoms with Crippen molar-refractivity contribution >= 4 is 23.8 Å². The molecule has 0 saturated heterocycles. The maximum Gasteiger partial charge on any atom is 0.255 e. The molecule has 2 aromatic heterocycles. The van der Waals surface area contributed by atoms with Crippen molar-refractivity contribution in [2.75, 3.05) is 10.6 Å². The zero-order valence-corrected chi connectivity index (χ0v) is 13.2. The fourth-order valence-electron chi connectivity index (χ4n) is 2.30. The Kier molecular flexibility index (Phi) is 4.93. The van der Waals surface area contributed by atoms with Gasteiger partial charge in [0.1, 0.15) is 5.82 Å². The third-order valence-electron chi connectivity index (χ3n) is 3.49. The van der Waals surface area contributed by atoms with Gasteiger partial charge in [-0.3, -0.25) is 14.6 Å². The fourth-order valence-corrected chi connectivity index (χ4v) is 2.30. The molecule has 130 valence electrons. The number of pyridine rings is 2. The summed E-state index contributed by atoms with van der Waals surface area (Å²) in [6.45, 7) is 0. The van der Waals surface area contributed by atoms with Gasteiger partial charge in [0, 0.05) is 29.1 Å². The standard InChI is InChI=1S/C18H12F2N4O2/c19-15-3-1-2-14(17(15)20)12-6-13(9-21-8-12)24-18(26)11-4-5-22-16(7-11)23-10-25/h1-10H,(H,24,26)(H,22,23,25). The molecule has 3 rings (SSSR count). The lowest BCUT2D eigenvalue weighted by atomic mass is 10.1. The minimum Gasteiger partial charge on any atom is -0.321 e. The molecule has 0 atom stereocenters. The Morgan fingerprint density at radius 3 is 2.77 bits per heavy atom. The van der Waals surface area contributed by atoms with Gasteiger partial charge in [0.15, 0.2) is 11.6 Å². The molecule has 0 fully saturated rings. The number of rotatable bonds is 5. The summed E-state index contributed by atoms with van der Waals surface area (Å²) in [6.07, 6.45) is 4.57. The van der Waals surface area contributed by atoms with E-state index in [4.69, 9.17) is 0 Å². The highest BCUT2D eigenvalue weighted by Gasteiger charge is 2.12. The number of carbonyl (C=O) groups excluding carboxylic acids is 2. The first-order valence-electron chi connectivity index (χ1n) is 7.45. The first-order valence-corrected chi connectivity index (χ1v) is 7.45. The summed E-state index contributed by atoms with van der Waals surface area (Å²) in [6, 6.07) is 8.17. The molecule has 0 radical (unpaired) electrons. The number of nitrogens with one attached hydrogen (secondary N) is 2. The topological polar surface area (TPSA) is 84.0 Å². The van der Waals surface area contributed by atoms with E-state index in [1.165, 1.54) is 48.9 Å². The predicted octanol–water partition coefficient (Wildman–Crippen LogP) is 3.24. The number of aromatic nitrogens is 2. The number of halogens is 2. The Morgan fingerprint density at radius 1 is 1.12 bits per heavy atom. The summed E-state index contributed by atoms with van der Waals surface area (Å²) >= 11 is 0. The molecular weight excluding hydrogens is 342 g/mol. The highest BCUT2D eigenvalue weighted by Crippen LogP contribution is 2.26. The van der Waals surface area contributed by atoms with Gasteiger partial charge in [-0.05, 0) is 24.3 Å². The highest BCUT2D eigenvalue weighted by molar-refractivity contribution is 6.04. The van der Waals surface area contributed by atoms with Crippen molar-refractivity contribution in [2.45, 2.75) is 0 Å². The van der Waals surface area contributed by atoms with Crippen LogP contribution in [0.5, 0.6) is 0 Å². The number of benzene rings is 1. The van der Waals surface area contributed by atoms with Crippen LogP contribution in [0.4, 0.5) is 20.3 Å². The molecule has 0 aliphatic heterocycles. The first kappa shape index (κ1) is 17.2. The molecular formula is C18H12F2N4O2. The molecule has 6 nitrogen and oxygen atoms in total. The van der Waals surface area contributed by atoms with Crippen molar-refractivity contribution in [1.82, 2.24) is 9.97 Å². The number of hydrogen-bond acceptors (Lipinski definition) is 4. The highest BCUT2D eigenvalue weighted by atomic mass is 19.2. The lowest BCUT2D eigenvalue weighted by Crippen LogP contribution is -2.13. The summed E-state index contributed by atoms with van der Waals surface area (Å²) < 4.78 is 27.3. The molecule has 8 heteroatoms. The van der Waals surface area contributed by atoms with Crippen LogP contribution >= 0.6 is 0 Å². The van der Waals surface area contributed by atoms with Crippen molar-refractivity contribution in [1.29, 1.82) is 0 Å². The van der Waals surface area contributed by atoms with E-state index in [1.807, 2.05) is 0 Å². The normalized spacial score (nSPS) is 10.2. The largest absolute Gasteiger partial charge is 0.321 e. The summed E-state index contributed by atoms with van der Waals surface area (Å²) in [5, 5.41) is 4.96. The number of carbonyl (C=O) groups is 2. The van der Waals surface area contributed by atoms with E-state index in [0.717, 1.165) is 6.07 Å². The molecule has 0 aliphatic carbocycles. The average molecular weight is 354 g/mol. The van der Waals surface area contributed by atoms with Crippen LogP contribution in [0.15, 0.2) is 55.0 Å². The van der Waals surface area contributed by atoms with Crippen LogP contribution in [0.1, 0.15) is 10.4 Å². The Balaban J connectivity index is 1.85. The maximum absolute atomic E-state index is 13.9. The zero-order chi connectivity index (χ0) is 18.5. The van der Waals surface area contributed by atoms with Gasteiger partial charge in [-0.2, -0.15) is 0 Å². The van der Waals surface area contributed by atoms with E-state index >= 15 is 0 Å². The van der Waals surface area contributed by atoms with Crippen molar-refractivity contribution < 1.29 is 18.4 Å². The van der Waals surface area contributed by atoms with Gasteiger partial charge < -0.3 is 10.6 Å². The number of hydrogen-bond donors (Lipinski definition) is 2. The lowest BCUT2D eigenvalue weighted by Gasteiger charge is -2.09. The summed E-state index contributed by atoms with van der Waals surface area (Å²) in [7, 11) is 0. The minimum absolute atomic E-state index is 0.0370. The predicted molar refractivity (Wildman–Crippen MR) is 91.5 cm³/mol. The van der Waals surface area contributed by atoms with E-state index in [0.29, 0.717) is 17.7 Å². The number of amides is 2. The van der Waals surface area contributed by atoms with Crippen LogP contribution in [0, 0.1) is 11.6 Å². The summed E-state index contributed by atoms with van der Waals surface area (Å²) in [5.74, 6) is -2.21. The summed E-state index contributed by atoms with van der Waals surface area (Å²) in [4.78, 5) is 30.6. The minimum atomic E-state index is -0.989. The number of nitrogens with zero attached hydrogens (tertiary/aromatic N) is 2. The monoisotopic (exact) mass is 354 g/mol. The van der Waals surface area contributed by atoms with Crippen LogP contribution in [0.3, 0.4) is 0 Å². The van der Waals surface area contributed by atoms with Gasteiger partial charge in [-0.1, -0.05) is 12.1 Å². The molecule has 0 saturated carbocycles. The molecule has 0 spiro atoms. The van der Waals surface area contributed by atoms with Crippen molar-refractivity contribution in [3.63, 3.8) is 0 Å². The SMILES string of the molecule is O=CNc1cc(C(=O)Nc2cncc(-c3cccc(F)c3F)c2)ccn1. The molecule has 1 aromatic carbocycles. The lowest BCUT2D eigenvalue weighted by molar-refractivity contribution is -0.105. The molecule has 2 N–H and O–H groups in total. The van der Waals surface area contributed by atoms with Gasteiger partial charge >= 0.3 is 0 Å². The zero-order valence-electron chi connectivity index (χ0n) is 13.2. The van der Waals surface area contributed by atoms with E-state index in [1.54, 1.807) is 0 Å². The third-order valence-corrected chi connectivity index (χ3v) is 3.49. The van der Waals surface area contributed by atoms with Gasteiger partial charge in [0.05, 0.1) is 11.9 Å². The van der Waals surface area contributed by atoms with Crippen LogP contribution in [0.25, 0.3) is 11.1 Å². The van der Waals surface area contributed by atoms with Gasteiger partial charge in [0.25, 0.3) is 5.91 Å². The Bertz CT molecular complexity index is 979. The Labute approximate surface area is 146 Å². The van der Waals surface area contributed by atoms with Crippen LogP contribution in [-0.4, -0.2) is 22.3 Å². The summed E-state index contributed by atoms with van der Waals surface area (Å²) in [5.41, 5.74) is 0.914. The van der Waals surface area contributed by atoms with Gasteiger partial charge in [0.2, 0.25) is 6.41 Å². The molecule has 0 aliphatic rings. The quantitative estimate of drug-likeness (QED) is 0.689. The molecule has 2 amide bonds. The van der Waals surface area contributed by atoms with Gasteiger partial charge in [-0.15, -0.1) is 0 Å². The Morgan fingerprint density at radius 2 is 1.96 bits per heavy atom. The van der Waals surface area contributed by atoms with E-state index < -0.39 is 17.5 Å².